The van der Waals surface area contributed by atoms with E-state index >= 15 is 0 Å². The fourth-order valence-corrected chi connectivity index (χ4v) is 3.12. The molecule has 3 heterocycles. The van der Waals surface area contributed by atoms with Gasteiger partial charge in [0.25, 0.3) is 11.5 Å². The van der Waals surface area contributed by atoms with Crippen molar-refractivity contribution in [3.05, 3.63) is 68.3 Å². The van der Waals surface area contributed by atoms with E-state index in [0.29, 0.717) is 12.2 Å². The van der Waals surface area contributed by atoms with Crippen molar-refractivity contribution in [2.75, 3.05) is 0 Å². The molecule has 1 aliphatic rings. The van der Waals surface area contributed by atoms with Crippen LogP contribution in [0.3, 0.4) is 0 Å². The number of rotatable bonds is 5. The van der Waals surface area contributed by atoms with Crippen molar-refractivity contribution in [2.45, 2.75) is 38.8 Å². The molecule has 1 fully saturated rings. The van der Waals surface area contributed by atoms with E-state index in [4.69, 9.17) is 0 Å². The first-order valence-electron chi connectivity index (χ1n) is 8.94. The number of aromatic nitrogens is 4. The first-order valence-corrected chi connectivity index (χ1v) is 8.94. The Morgan fingerprint density at radius 3 is 2.81 bits per heavy atom. The summed E-state index contributed by atoms with van der Waals surface area (Å²) < 4.78 is 1.39. The monoisotopic (exact) mass is 365 g/mol. The van der Waals surface area contributed by atoms with Gasteiger partial charge in [-0.05, 0) is 38.0 Å². The predicted octanol–water partition coefficient (Wildman–Crippen LogP) is 1.31. The van der Waals surface area contributed by atoms with E-state index in [0.717, 1.165) is 18.5 Å². The Labute approximate surface area is 154 Å². The molecule has 1 saturated carbocycles. The molecule has 0 atom stereocenters. The van der Waals surface area contributed by atoms with E-state index in [1.54, 1.807) is 25.3 Å². The molecule has 138 valence electrons. The first-order chi connectivity index (χ1) is 13.1. The lowest BCUT2D eigenvalue weighted by atomic mass is 10.1. The highest BCUT2D eigenvalue weighted by atomic mass is 16.2. The SMILES string of the molecule is CCn1c(=O)[nH]c(=O)c2c(C(=O)NCc3ccccn3)cc(C3CC3)nc21. The van der Waals surface area contributed by atoms with Crippen LogP contribution >= 0.6 is 0 Å². The number of carbonyl (C=O) groups is 1. The molecule has 0 unspecified atom stereocenters. The van der Waals surface area contributed by atoms with Gasteiger partial charge in [0.15, 0.2) is 5.65 Å². The van der Waals surface area contributed by atoms with Gasteiger partial charge in [0.05, 0.1) is 23.2 Å². The Bertz CT molecular complexity index is 1130. The van der Waals surface area contributed by atoms with Crippen LogP contribution in [0.4, 0.5) is 0 Å². The zero-order valence-electron chi connectivity index (χ0n) is 14.9. The van der Waals surface area contributed by atoms with Gasteiger partial charge in [-0.3, -0.25) is 24.1 Å². The van der Waals surface area contributed by atoms with Crippen molar-refractivity contribution < 1.29 is 4.79 Å². The zero-order valence-corrected chi connectivity index (χ0v) is 14.9. The second-order valence-corrected chi connectivity index (χ2v) is 6.57. The summed E-state index contributed by atoms with van der Waals surface area (Å²) in [5, 5.41) is 2.94. The highest BCUT2D eigenvalue weighted by molar-refractivity contribution is 6.05. The topological polar surface area (TPSA) is 110 Å². The van der Waals surface area contributed by atoms with Crippen LogP contribution in [0.5, 0.6) is 0 Å². The van der Waals surface area contributed by atoms with E-state index in [1.807, 2.05) is 12.1 Å². The highest BCUT2D eigenvalue weighted by Crippen LogP contribution is 2.39. The number of hydrogen-bond donors (Lipinski definition) is 2. The Kier molecular flexibility index (Phi) is 4.31. The maximum Gasteiger partial charge on any atom is 0.329 e. The van der Waals surface area contributed by atoms with Crippen LogP contribution in [0.15, 0.2) is 40.1 Å². The third-order valence-electron chi connectivity index (χ3n) is 4.68. The molecule has 0 spiro atoms. The lowest BCUT2D eigenvalue weighted by Gasteiger charge is -2.12. The molecule has 0 bridgehead atoms. The van der Waals surface area contributed by atoms with Gasteiger partial charge >= 0.3 is 5.69 Å². The maximum atomic E-state index is 12.9. The number of pyridine rings is 2. The van der Waals surface area contributed by atoms with Gasteiger partial charge < -0.3 is 5.32 Å². The first kappa shape index (κ1) is 17.1. The van der Waals surface area contributed by atoms with E-state index in [-0.39, 0.29) is 35.0 Å². The van der Waals surface area contributed by atoms with Crippen molar-refractivity contribution >= 4 is 16.9 Å². The summed E-state index contributed by atoms with van der Waals surface area (Å²) in [5.41, 5.74) is 0.844. The number of aromatic amines is 1. The van der Waals surface area contributed by atoms with Crippen LogP contribution in [0.1, 0.15) is 47.4 Å². The molecule has 1 aliphatic carbocycles. The lowest BCUT2D eigenvalue weighted by molar-refractivity contribution is 0.0951. The summed E-state index contributed by atoms with van der Waals surface area (Å²) in [7, 11) is 0. The van der Waals surface area contributed by atoms with Crippen LogP contribution in [-0.2, 0) is 13.1 Å². The van der Waals surface area contributed by atoms with Gasteiger partial charge in [-0.15, -0.1) is 0 Å². The number of nitrogens with one attached hydrogen (secondary N) is 2. The summed E-state index contributed by atoms with van der Waals surface area (Å²) in [4.78, 5) is 48.5. The number of hydrogen-bond acceptors (Lipinski definition) is 5. The molecule has 4 rings (SSSR count). The molecule has 0 aromatic carbocycles. The van der Waals surface area contributed by atoms with E-state index < -0.39 is 11.2 Å². The van der Waals surface area contributed by atoms with Crippen LogP contribution in [0.25, 0.3) is 11.0 Å². The molecular weight excluding hydrogens is 346 g/mol. The fraction of sp³-hybridized carbons (Fsp3) is 0.316. The zero-order chi connectivity index (χ0) is 19.0. The molecule has 8 nitrogen and oxygen atoms in total. The average molecular weight is 365 g/mol. The van der Waals surface area contributed by atoms with Gasteiger partial charge in [0.1, 0.15) is 0 Å². The average Bonchev–Trinajstić information content (AvgIpc) is 3.51. The molecule has 1 amide bonds. The molecular formula is C19H19N5O3. The number of fused-ring (bicyclic) bond motifs is 1. The molecule has 3 aromatic heterocycles. The van der Waals surface area contributed by atoms with Crippen molar-refractivity contribution in [1.29, 1.82) is 0 Å². The Hall–Kier alpha value is -3.29. The highest BCUT2D eigenvalue weighted by Gasteiger charge is 2.28. The predicted molar refractivity (Wildman–Crippen MR) is 99.7 cm³/mol. The van der Waals surface area contributed by atoms with Gasteiger partial charge in [0.2, 0.25) is 0 Å². The second kappa shape index (κ2) is 6.79. The third-order valence-corrected chi connectivity index (χ3v) is 4.68. The van der Waals surface area contributed by atoms with E-state index in [1.165, 1.54) is 4.57 Å². The van der Waals surface area contributed by atoms with Gasteiger partial charge in [-0.2, -0.15) is 0 Å². The van der Waals surface area contributed by atoms with Crippen molar-refractivity contribution in [1.82, 2.24) is 24.8 Å². The minimum absolute atomic E-state index is 0.138. The molecule has 0 saturated heterocycles. The molecule has 2 N–H and O–H groups in total. The normalized spacial score (nSPS) is 13.7. The Balaban J connectivity index is 1.82. The number of amides is 1. The van der Waals surface area contributed by atoms with Crippen molar-refractivity contribution in [2.24, 2.45) is 0 Å². The largest absolute Gasteiger partial charge is 0.346 e. The van der Waals surface area contributed by atoms with Crippen LogP contribution in [0.2, 0.25) is 0 Å². The number of H-pyrrole nitrogens is 1. The Morgan fingerprint density at radius 2 is 2.15 bits per heavy atom. The molecule has 8 heteroatoms. The van der Waals surface area contributed by atoms with Crippen molar-refractivity contribution in [3.8, 4) is 0 Å². The maximum absolute atomic E-state index is 12.9. The summed E-state index contributed by atoms with van der Waals surface area (Å²) in [5.74, 6) is -0.113. The summed E-state index contributed by atoms with van der Waals surface area (Å²) in [6.45, 7) is 2.39. The van der Waals surface area contributed by atoms with E-state index in [2.05, 4.69) is 20.3 Å². The van der Waals surface area contributed by atoms with Crippen LogP contribution in [0, 0.1) is 0 Å². The van der Waals surface area contributed by atoms with Crippen LogP contribution in [-0.4, -0.2) is 25.4 Å². The number of nitrogens with zero attached hydrogens (tertiary/aromatic N) is 3. The fourth-order valence-electron chi connectivity index (χ4n) is 3.12. The smallest absolute Gasteiger partial charge is 0.329 e. The van der Waals surface area contributed by atoms with Gasteiger partial charge in [-0.25, -0.2) is 9.78 Å². The van der Waals surface area contributed by atoms with Gasteiger partial charge in [-0.1, -0.05) is 6.07 Å². The lowest BCUT2D eigenvalue weighted by Crippen LogP contribution is -2.33. The number of carbonyl (C=O) groups excluding carboxylic acids is 1. The Morgan fingerprint density at radius 1 is 1.33 bits per heavy atom. The quantitative estimate of drug-likeness (QED) is 0.708. The summed E-state index contributed by atoms with van der Waals surface area (Å²) >= 11 is 0. The third kappa shape index (κ3) is 3.25. The van der Waals surface area contributed by atoms with Crippen LogP contribution < -0.4 is 16.6 Å². The van der Waals surface area contributed by atoms with E-state index in [9.17, 15) is 14.4 Å². The molecule has 0 aliphatic heterocycles. The van der Waals surface area contributed by atoms with Gasteiger partial charge in [0, 0.05) is 24.4 Å². The molecule has 3 aromatic rings. The molecule has 0 radical (unpaired) electrons. The second-order valence-electron chi connectivity index (χ2n) is 6.57. The summed E-state index contributed by atoms with van der Waals surface area (Å²) in [6, 6.07) is 7.12. The number of aryl methyl sites for hydroxylation is 1. The standard InChI is InChI=1S/C19H19N5O3/c1-2-24-16-15(18(26)23-19(24)27)13(9-14(22-16)11-6-7-11)17(25)21-10-12-5-3-4-8-20-12/h3-5,8-9,11H,2,6-7,10H2,1H3,(H,21,25)(H,23,26,27). The van der Waals surface area contributed by atoms with Crippen molar-refractivity contribution in [3.63, 3.8) is 0 Å². The molecule has 27 heavy (non-hydrogen) atoms. The minimum Gasteiger partial charge on any atom is -0.346 e. The summed E-state index contributed by atoms with van der Waals surface area (Å²) in [6.07, 6.45) is 3.64. The minimum atomic E-state index is -0.600.